The second-order valence-corrected chi connectivity index (χ2v) is 8.38. The van der Waals surface area contributed by atoms with E-state index in [2.05, 4.69) is 40.5 Å². The number of amides is 2. The molecule has 3 aromatic rings. The third kappa shape index (κ3) is 4.09. The summed E-state index contributed by atoms with van der Waals surface area (Å²) in [5, 5.41) is 5.73. The zero-order valence-corrected chi connectivity index (χ0v) is 16.5. The van der Waals surface area contributed by atoms with Gasteiger partial charge < -0.3 is 10.6 Å². The molecular formula is C21H20N4O2S. The Kier molecular flexibility index (Phi) is 4.92. The van der Waals surface area contributed by atoms with Gasteiger partial charge >= 0.3 is 0 Å². The van der Waals surface area contributed by atoms with E-state index in [4.69, 9.17) is 0 Å². The molecule has 0 aromatic carbocycles. The molecule has 1 saturated carbocycles. The van der Waals surface area contributed by atoms with E-state index in [1.54, 1.807) is 29.8 Å². The Morgan fingerprint density at radius 1 is 1.11 bits per heavy atom. The number of nitrogens with zero attached hydrogens (tertiary/aromatic N) is 2. The third-order valence-corrected chi connectivity index (χ3v) is 5.48. The maximum atomic E-state index is 12.6. The van der Waals surface area contributed by atoms with Crippen molar-refractivity contribution in [3.8, 4) is 11.1 Å². The maximum Gasteiger partial charge on any atom is 0.270 e. The topological polar surface area (TPSA) is 84.0 Å². The molecule has 3 heterocycles. The highest BCUT2D eigenvalue weighted by Crippen LogP contribution is 2.31. The molecule has 0 radical (unpaired) electrons. The standard InChI is InChI=1S/C21H20N4O2S/c1-12-7-18(13(2)28-12)15-8-17(11-22-10-15)25-20(26)14-5-6-23-19(9-14)21(27)24-16-3-4-16/h5-11,16H,3-4H2,1-2H3,(H,24,27)(H,25,26). The number of carbonyl (C=O) groups is 2. The summed E-state index contributed by atoms with van der Waals surface area (Å²) in [6, 6.07) is 7.37. The fourth-order valence-corrected chi connectivity index (χ4v) is 3.91. The van der Waals surface area contributed by atoms with Crippen LogP contribution >= 0.6 is 11.3 Å². The number of hydrogen-bond donors (Lipinski definition) is 2. The predicted octanol–water partition coefficient (Wildman–Crippen LogP) is 3.97. The number of aryl methyl sites for hydroxylation is 2. The van der Waals surface area contributed by atoms with E-state index in [1.165, 1.54) is 22.0 Å². The molecule has 28 heavy (non-hydrogen) atoms. The van der Waals surface area contributed by atoms with Crippen LogP contribution in [0.5, 0.6) is 0 Å². The van der Waals surface area contributed by atoms with Gasteiger partial charge in [-0.15, -0.1) is 11.3 Å². The Balaban J connectivity index is 1.51. The molecule has 0 aliphatic heterocycles. The molecule has 2 amide bonds. The van der Waals surface area contributed by atoms with Crippen molar-refractivity contribution < 1.29 is 9.59 Å². The van der Waals surface area contributed by atoms with Crippen LogP contribution in [-0.4, -0.2) is 27.8 Å². The van der Waals surface area contributed by atoms with Gasteiger partial charge in [0.05, 0.1) is 11.9 Å². The Labute approximate surface area is 167 Å². The van der Waals surface area contributed by atoms with Crippen LogP contribution in [0.1, 0.15) is 43.4 Å². The summed E-state index contributed by atoms with van der Waals surface area (Å²) in [5.41, 5.74) is 3.30. The monoisotopic (exact) mass is 392 g/mol. The van der Waals surface area contributed by atoms with E-state index in [0.29, 0.717) is 11.3 Å². The quantitative estimate of drug-likeness (QED) is 0.688. The number of rotatable bonds is 5. The van der Waals surface area contributed by atoms with Crippen LogP contribution in [0.2, 0.25) is 0 Å². The van der Waals surface area contributed by atoms with Crippen molar-refractivity contribution in [3.05, 3.63) is 63.9 Å². The molecule has 142 valence electrons. The lowest BCUT2D eigenvalue weighted by Gasteiger charge is -2.08. The minimum absolute atomic E-state index is 0.241. The van der Waals surface area contributed by atoms with Gasteiger partial charge in [0.25, 0.3) is 11.8 Å². The normalized spacial score (nSPS) is 13.2. The largest absolute Gasteiger partial charge is 0.348 e. The van der Waals surface area contributed by atoms with E-state index in [9.17, 15) is 9.59 Å². The highest BCUT2D eigenvalue weighted by Gasteiger charge is 2.24. The molecule has 1 aliphatic rings. The first-order chi connectivity index (χ1) is 13.5. The number of thiophene rings is 1. The van der Waals surface area contributed by atoms with Crippen LogP contribution < -0.4 is 10.6 Å². The molecule has 0 saturated heterocycles. The maximum absolute atomic E-state index is 12.6. The van der Waals surface area contributed by atoms with E-state index in [1.807, 2.05) is 6.07 Å². The number of hydrogen-bond acceptors (Lipinski definition) is 5. The Morgan fingerprint density at radius 3 is 2.64 bits per heavy atom. The van der Waals surface area contributed by atoms with Crippen LogP contribution in [-0.2, 0) is 0 Å². The zero-order valence-electron chi connectivity index (χ0n) is 15.7. The van der Waals surface area contributed by atoms with Crippen molar-refractivity contribution >= 4 is 28.8 Å². The van der Waals surface area contributed by atoms with Gasteiger partial charge in [-0.05, 0) is 56.5 Å². The van der Waals surface area contributed by atoms with Crippen molar-refractivity contribution in [2.24, 2.45) is 0 Å². The van der Waals surface area contributed by atoms with Gasteiger partial charge in [-0.1, -0.05) is 0 Å². The van der Waals surface area contributed by atoms with E-state index >= 15 is 0 Å². The first-order valence-corrected chi connectivity index (χ1v) is 9.92. The fraction of sp³-hybridized carbons (Fsp3) is 0.238. The van der Waals surface area contributed by atoms with Gasteiger partial charge in [0, 0.05) is 39.3 Å². The van der Waals surface area contributed by atoms with E-state index in [-0.39, 0.29) is 23.6 Å². The molecule has 3 aromatic heterocycles. The lowest BCUT2D eigenvalue weighted by atomic mass is 10.1. The molecule has 7 heteroatoms. The van der Waals surface area contributed by atoms with E-state index < -0.39 is 0 Å². The second-order valence-electron chi connectivity index (χ2n) is 6.92. The van der Waals surface area contributed by atoms with Crippen LogP contribution in [0.25, 0.3) is 11.1 Å². The Morgan fingerprint density at radius 2 is 1.93 bits per heavy atom. The van der Waals surface area contributed by atoms with Crippen LogP contribution in [0.15, 0.2) is 42.9 Å². The minimum atomic E-state index is -0.306. The number of anilines is 1. The molecule has 1 aliphatic carbocycles. The predicted molar refractivity (Wildman–Crippen MR) is 110 cm³/mol. The van der Waals surface area contributed by atoms with Gasteiger partial charge in [-0.2, -0.15) is 0 Å². The van der Waals surface area contributed by atoms with Crippen molar-refractivity contribution in [2.45, 2.75) is 32.7 Å². The molecule has 0 atom stereocenters. The summed E-state index contributed by atoms with van der Waals surface area (Å²) < 4.78 is 0. The first-order valence-electron chi connectivity index (χ1n) is 9.10. The second kappa shape index (κ2) is 7.52. The highest BCUT2D eigenvalue weighted by molar-refractivity contribution is 7.12. The number of nitrogens with one attached hydrogen (secondary N) is 2. The van der Waals surface area contributed by atoms with Gasteiger partial charge in [0.2, 0.25) is 0 Å². The first kappa shape index (κ1) is 18.3. The summed E-state index contributed by atoms with van der Waals surface area (Å²) in [5.74, 6) is -0.552. The smallest absolute Gasteiger partial charge is 0.270 e. The number of pyridine rings is 2. The lowest BCUT2D eigenvalue weighted by Crippen LogP contribution is -2.26. The van der Waals surface area contributed by atoms with Gasteiger partial charge in [-0.25, -0.2) is 0 Å². The van der Waals surface area contributed by atoms with Gasteiger partial charge in [0.1, 0.15) is 5.69 Å². The summed E-state index contributed by atoms with van der Waals surface area (Å²) >= 11 is 1.73. The molecule has 6 nitrogen and oxygen atoms in total. The molecule has 4 rings (SSSR count). The molecule has 0 spiro atoms. The van der Waals surface area contributed by atoms with Crippen LogP contribution in [0.4, 0.5) is 5.69 Å². The van der Waals surface area contributed by atoms with Gasteiger partial charge in [0.15, 0.2) is 0 Å². The highest BCUT2D eigenvalue weighted by atomic mass is 32.1. The molecule has 0 unspecified atom stereocenters. The van der Waals surface area contributed by atoms with Crippen molar-refractivity contribution in [1.82, 2.24) is 15.3 Å². The number of aromatic nitrogens is 2. The van der Waals surface area contributed by atoms with Crippen molar-refractivity contribution in [3.63, 3.8) is 0 Å². The van der Waals surface area contributed by atoms with Gasteiger partial charge in [-0.3, -0.25) is 19.6 Å². The molecule has 0 bridgehead atoms. The molecule has 1 fully saturated rings. The third-order valence-electron chi connectivity index (χ3n) is 4.52. The summed E-state index contributed by atoms with van der Waals surface area (Å²) in [7, 11) is 0. The fourth-order valence-electron chi connectivity index (χ4n) is 2.96. The Bertz CT molecular complexity index is 1060. The van der Waals surface area contributed by atoms with E-state index in [0.717, 1.165) is 24.0 Å². The Hall–Kier alpha value is -3.06. The average Bonchev–Trinajstić information content (AvgIpc) is 3.43. The SMILES string of the molecule is Cc1cc(-c2cncc(NC(=O)c3ccnc(C(=O)NC4CC4)c3)c2)c(C)s1. The van der Waals surface area contributed by atoms with Crippen LogP contribution in [0.3, 0.4) is 0 Å². The van der Waals surface area contributed by atoms with Crippen LogP contribution in [0, 0.1) is 13.8 Å². The summed E-state index contributed by atoms with van der Waals surface area (Å²) in [4.78, 5) is 35.6. The van der Waals surface area contributed by atoms with Crippen molar-refractivity contribution in [2.75, 3.05) is 5.32 Å². The molecule has 2 N–H and O–H groups in total. The minimum Gasteiger partial charge on any atom is -0.348 e. The van der Waals surface area contributed by atoms with Crippen molar-refractivity contribution in [1.29, 1.82) is 0 Å². The lowest BCUT2D eigenvalue weighted by molar-refractivity contribution is 0.0946. The average molecular weight is 392 g/mol. The molecular weight excluding hydrogens is 372 g/mol. The summed E-state index contributed by atoms with van der Waals surface area (Å²) in [6.07, 6.45) is 6.87. The summed E-state index contributed by atoms with van der Waals surface area (Å²) in [6.45, 7) is 4.14. The zero-order chi connectivity index (χ0) is 19.7. The number of carbonyl (C=O) groups excluding carboxylic acids is 2.